The van der Waals surface area contributed by atoms with E-state index in [0.717, 1.165) is 135 Å². The van der Waals surface area contributed by atoms with Crippen LogP contribution in [0.25, 0.3) is 0 Å². The van der Waals surface area contributed by atoms with Crippen LogP contribution in [0.5, 0.6) is 0 Å². The minimum Gasteiger partial charge on any atom is -0.462 e. The molecule has 0 aromatic heterocycles. The Morgan fingerprint density at radius 3 is 0.762 bits per heavy atom. The first-order valence-corrected chi connectivity index (χ1v) is 34.9. The maximum Gasteiger partial charge on any atom is 0.306 e. The van der Waals surface area contributed by atoms with Crippen molar-refractivity contribution in [2.75, 3.05) is 13.2 Å². The SMILES string of the molecule is CC/C=C\C/C=C\C/C=C\CCCCCCCC(=O)OCC(COC(=O)CCCCCCCCCCCCCCCCCCCCCCCCCCCCCCCCCC)OC(=O)CCCCCCC/C=C\C/C=C\C/C=C\CC. The summed E-state index contributed by atoms with van der Waals surface area (Å²) in [6, 6.07) is 0. The molecule has 80 heavy (non-hydrogen) atoms. The molecule has 1 atom stereocenters. The molecule has 1 unspecified atom stereocenters. The maximum atomic E-state index is 12.9. The van der Waals surface area contributed by atoms with E-state index in [0.29, 0.717) is 19.3 Å². The molecule has 0 aliphatic carbocycles. The Bertz CT molecular complexity index is 1470. The molecule has 0 fully saturated rings. The first kappa shape index (κ1) is 76.9. The van der Waals surface area contributed by atoms with Gasteiger partial charge in [-0.15, -0.1) is 0 Å². The average Bonchev–Trinajstić information content (AvgIpc) is 3.46. The van der Waals surface area contributed by atoms with Gasteiger partial charge in [-0.25, -0.2) is 0 Å². The van der Waals surface area contributed by atoms with Crippen LogP contribution in [-0.2, 0) is 28.6 Å². The molecule has 6 heteroatoms. The van der Waals surface area contributed by atoms with E-state index in [4.69, 9.17) is 14.2 Å². The summed E-state index contributed by atoms with van der Waals surface area (Å²) in [6.45, 7) is 6.44. The summed E-state index contributed by atoms with van der Waals surface area (Å²) in [4.78, 5) is 38.3. The van der Waals surface area contributed by atoms with Crippen LogP contribution in [-0.4, -0.2) is 37.2 Å². The molecule has 0 heterocycles. The van der Waals surface area contributed by atoms with Gasteiger partial charge in [0.25, 0.3) is 0 Å². The third-order valence-corrected chi connectivity index (χ3v) is 15.5. The molecule has 0 spiro atoms. The van der Waals surface area contributed by atoms with E-state index in [1.54, 1.807) is 0 Å². The second kappa shape index (κ2) is 68.3. The van der Waals surface area contributed by atoms with Crippen molar-refractivity contribution in [3.8, 4) is 0 Å². The molecule has 0 N–H and O–H groups in total. The second-order valence-electron chi connectivity index (χ2n) is 23.4. The molecule has 0 aliphatic heterocycles. The van der Waals surface area contributed by atoms with E-state index in [2.05, 4.69) is 93.7 Å². The Morgan fingerprint density at radius 1 is 0.263 bits per heavy atom. The number of ether oxygens (including phenoxy) is 3. The van der Waals surface area contributed by atoms with Crippen molar-refractivity contribution in [2.24, 2.45) is 0 Å². The highest BCUT2D eigenvalue weighted by Crippen LogP contribution is 2.18. The zero-order valence-electron chi connectivity index (χ0n) is 53.3. The van der Waals surface area contributed by atoms with E-state index in [1.807, 2.05) is 0 Å². The number of carbonyl (C=O) groups excluding carboxylic acids is 3. The van der Waals surface area contributed by atoms with Crippen LogP contribution in [0.3, 0.4) is 0 Å². The molecular weight excluding hydrogens is 985 g/mol. The summed E-state index contributed by atoms with van der Waals surface area (Å²) < 4.78 is 16.9. The first-order chi connectivity index (χ1) is 39.5. The van der Waals surface area contributed by atoms with Gasteiger partial charge >= 0.3 is 17.9 Å². The second-order valence-corrected chi connectivity index (χ2v) is 23.4. The standard InChI is InChI=1S/C74H132O6/c1-4-7-10-13-16-19-22-25-28-29-30-31-32-33-34-35-36-37-38-39-40-41-42-43-44-47-49-52-55-58-61-64-67-73(76)79-70-71(80-74(77)68-65-62-59-56-53-50-46-27-24-21-18-15-12-9-6-3)69-78-72(75)66-63-60-57-54-51-48-45-26-23-20-17-14-11-8-5-2/h8-9,11-12,17-18,20-21,26-27,45-46,71H,4-7,10,13-16,19,22-25,28-44,47-70H2,1-3H3/b11-8-,12-9-,20-17-,21-18-,45-26-,46-27-. The molecule has 0 saturated heterocycles. The summed E-state index contributed by atoms with van der Waals surface area (Å²) >= 11 is 0. The lowest BCUT2D eigenvalue weighted by Crippen LogP contribution is -2.30. The molecule has 0 aromatic carbocycles. The van der Waals surface area contributed by atoms with Crippen LogP contribution in [0.4, 0.5) is 0 Å². The van der Waals surface area contributed by atoms with Crippen molar-refractivity contribution in [3.05, 3.63) is 72.9 Å². The van der Waals surface area contributed by atoms with Crippen LogP contribution >= 0.6 is 0 Å². The molecule has 464 valence electrons. The lowest BCUT2D eigenvalue weighted by Gasteiger charge is -2.18. The average molecular weight is 1120 g/mol. The number of hydrogen-bond acceptors (Lipinski definition) is 6. The van der Waals surface area contributed by atoms with Gasteiger partial charge in [-0.3, -0.25) is 14.4 Å². The van der Waals surface area contributed by atoms with Crippen molar-refractivity contribution in [3.63, 3.8) is 0 Å². The Hall–Kier alpha value is -3.15. The van der Waals surface area contributed by atoms with Gasteiger partial charge in [-0.1, -0.05) is 331 Å². The Kier molecular flexibility index (Phi) is 65.7. The molecule has 0 rings (SSSR count). The number of esters is 3. The number of allylic oxidation sites excluding steroid dienone is 12. The third kappa shape index (κ3) is 65.7. The van der Waals surface area contributed by atoms with Crippen LogP contribution < -0.4 is 0 Å². The van der Waals surface area contributed by atoms with Crippen LogP contribution in [0.1, 0.15) is 361 Å². The van der Waals surface area contributed by atoms with Gasteiger partial charge in [0, 0.05) is 19.3 Å². The van der Waals surface area contributed by atoms with E-state index in [-0.39, 0.29) is 31.1 Å². The van der Waals surface area contributed by atoms with Gasteiger partial charge in [-0.2, -0.15) is 0 Å². The third-order valence-electron chi connectivity index (χ3n) is 15.5. The van der Waals surface area contributed by atoms with Crippen LogP contribution in [0.2, 0.25) is 0 Å². The van der Waals surface area contributed by atoms with Crippen LogP contribution in [0, 0.1) is 0 Å². The Labute approximate surface area is 497 Å². The van der Waals surface area contributed by atoms with Crippen molar-refractivity contribution in [2.45, 2.75) is 367 Å². The van der Waals surface area contributed by atoms with E-state index in [1.165, 1.54) is 186 Å². The highest BCUT2D eigenvalue weighted by atomic mass is 16.6. The molecule has 0 amide bonds. The zero-order valence-corrected chi connectivity index (χ0v) is 53.3. The van der Waals surface area contributed by atoms with Gasteiger partial charge in [0.15, 0.2) is 6.10 Å². The van der Waals surface area contributed by atoms with Crippen molar-refractivity contribution in [1.29, 1.82) is 0 Å². The fourth-order valence-electron chi connectivity index (χ4n) is 10.3. The monoisotopic (exact) mass is 1120 g/mol. The highest BCUT2D eigenvalue weighted by molar-refractivity contribution is 5.71. The molecule has 0 saturated carbocycles. The number of rotatable bonds is 64. The molecule has 0 bridgehead atoms. The van der Waals surface area contributed by atoms with Gasteiger partial charge in [-0.05, 0) is 83.5 Å². The van der Waals surface area contributed by atoms with Crippen LogP contribution in [0.15, 0.2) is 72.9 Å². The lowest BCUT2D eigenvalue weighted by atomic mass is 10.0. The fourth-order valence-corrected chi connectivity index (χ4v) is 10.3. The maximum absolute atomic E-state index is 12.9. The van der Waals surface area contributed by atoms with E-state index < -0.39 is 6.10 Å². The van der Waals surface area contributed by atoms with Crippen molar-refractivity contribution >= 4 is 17.9 Å². The predicted octanol–water partition coefficient (Wildman–Crippen LogP) is 24.1. The summed E-state index contributed by atoms with van der Waals surface area (Å²) in [7, 11) is 0. The molecular formula is C74H132O6. The number of carbonyl (C=O) groups is 3. The predicted molar refractivity (Wildman–Crippen MR) is 348 cm³/mol. The first-order valence-electron chi connectivity index (χ1n) is 34.9. The summed E-state index contributed by atoms with van der Waals surface area (Å²) in [5.41, 5.74) is 0. The topological polar surface area (TPSA) is 78.9 Å². The molecule has 0 radical (unpaired) electrons. The lowest BCUT2D eigenvalue weighted by molar-refractivity contribution is -0.167. The normalized spacial score (nSPS) is 12.5. The molecule has 6 nitrogen and oxygen atoms in total. The van der Waals surface area contributed by atoms with Gasteiger partial charge in [0.05, 0.1) is 0 Å². The zero-order chi connectivity index (χ0) is 57.8. The van der Waals surface area contributed by atoms with E-state index >= 15 is 0 Å². The summed E-state index contributed by atoms with van der Waals surface area (Å²) in [6.07, 6.45) is 89.5. The minimum absolute atomic E-state index is 0.0856. The Morgan fingerprint density at radius 2 is 0.487 bits per heavy atom. The minimum atomic E-state index is -0.792. The molecule has 0 aliphatic rings. The fraction of sp³-hybridized carbons (Fsp3) is 0.797. The number of hydrogen-bond donors (Lipinski definition) is 0. The quantitative estimate of drug-likeness (QED) is 0.0261. The number of unbranched alkanes of at least 4 members (excludes halogenated alkanes) is 41. The molecule has 0 aromatic rings. The highest BCUT2D eigenvalue weighted by Gasteiger charge is 2.19. The van der Waals surface area contributed by atoms with Crippen molar-refractivity contribution in [1.82, 2.24) is 0 Å². The van der Waals surface area contributed by atoms with E-state index in [9.17, 15) is 14.4 Å². The summed E-state index contributed by atoms with van der Waals surface area (Å²) in [5, 5.41) is 0. The van der Waals surface area contributed by atoms with Gasteiger partial charge < -0.3 is 14.2 Å². The van der Waals surface area contributed by atoms with Crippen molar-refractivity contribution < 1.29 is 28.6 Å². The smallest absolute Gasteiger partial charge is 0.306 e. The largest absolute Gasteiger partial charge is 0.462 e. The Balaban J connectivity index is 4.15. The van der Waals surface area contributed by atoms with Gasteiger partial charge in [0.2, 0.25) is 0 Å². The van der Waals surface area contributed by atoms with Gasteiger partial charge in [0.1, 0.15) is 13.2 Å². The summed E-state index contributed by atoms with van der Waals surface area (Å²) in [5.74, 6) is -0.904.